The summed E-state index contributed by atoms with van der Waals surface area (Å²) in [5.74, 6) is -0.271. The molecule has 1 unspecified atom stereocenters. The number of nitrogens with zero attached hydrogens (tertiary/aromatic N) is 1. The lowest BCUT2D eigenvalue weighted by molar-refractivity contribution is -0.118. The summed E-state index contributed by atoms with van der Waals surface area (Å²) in [4.78, 5) is 12.6. The van der Waals surface area contributed by atoms with Crippen LogP contribution >= 0.6 is 0 Å². The molecule has 2 aromatic rings. The highest BCUT2D eigenvalue weighted by molar-refractivity contribution is 6.07. The van der Waals surface area contributed by atoms with Gasteiger partial charge in [-0.15, -0.1) is 0 Å². The fraction of sp³-hybridized carbons (Fsp3) is 0.222. The molecular formula is C18H18N2O3. The van der Waals surface area contributed by atoms with Gasteiger partial charge >= 0.3 is 0 Å². The molecule has 118 valence electrons. The van der Waals surface area contributed by atoms with Crippen LogP contribution in [0.3, 0.4) is 0 Å². The van der Waals surface area contributed by atoms with Crippen LogP contribution in [-0.4, -0.2) is 17.0 Å². The van der Waals surface area contributed by atoms with Crippen LogP contribution in [0.5, 0.6) is 5.75 Å². The van der Waals surface area contributed by atoms with Crippen molar-refractivity contribution in [3.63, 3.8) is 0 Å². The third kappa shape index (κ3) is 3.04. The van der Waals surface area contributed by atoms with Crippen molar-refractivity contribution in [2.75, 3.05) is 5.32 Å². The standard InChI is InChI=1S/C18H18N2O3/c1-11-7-8-14(9-12(11)2)19-17(21)15-10-13-5-3-4-6-16(13)23-18(15)20-22/h3-9,15,22H,10H2,1-2H3,(H,19,21). The van der Waals surface area contributed by atoms with Crippen molar-refractivity contribution in [2.24, 2.45) is 11.1 Å². The van der Waals surface area contributed by atoms with Gasteiger partial charge in [-0.2, -0.15) is 0 Å². The van der Waals surface area contributed by atoms with E-state index in [1.54, 1.807) is 6.07 Å². The van der Waals surface area contributed by atoms with Crippen molar-refractivity contribution in [2.45, 2.75) is 20.3 Å². The first-order valence-electron chi connectivity index (χ1n) is 7.44. The van der Waals surface area contributed by atoms with E-state index < -0.39 is 5.92 Å². The van der Waals surface area contributed by atoms with Crippen LogP contribution in [0.4, 0.5) is 5.69 Å². The Hall–Kier alpha value is -2.82. The van der Waals surface area contributed by atoms with E-state index in [1.807, 2.05) is 50.2 Å². The van der Waals surface area contributed by atoms with E-state index in [1.165, 1.54) is 0 Å². The van der Waals surface area contributed by atoms with Gasteiger partial charge in [-0.1, -0.05) is 29.4 Å². The third-order valence-electron chi connectivity index (χ3n) is 4.10. The van der Waals surface area contributed by atoms with Crippen LogP contribution in [0, 0.1) is 19.8 Å². The highest BCUT2D eigenvalue weighted by atomic mass is 16.5. The summed E-state index contributed by atoms with van der Waals surface area (Å²) in [5, 5.41) is 15.2. The second-order valence-corrected chi connectivity index (χ2v) is 5.69. The zero-order valence-corrected chi connectivity index (χ0v) is 13.0. The van der Waals surface area contributed by atoms with E-state index in [9.17, 15) is 4.79 Å². The maximum absolute atomic E-state index is 12.6. The average molecular weight is 310 g/mol. The Morgan fingerprint density at radius 3 is 2.74 bits per heavy atom. The fourth-order valence-corrected chi connectivity index (χ4v) is 2.61. The third-order valence-corrected chi connectivity index (χ3v) is 4.10. The summed E-state index contributed by atoms with van der Waals surface area (Å²) < 4.78 is 5.53. The van der Waals surface area contributed by atoms with Crippen molar-refractivity contribution < 1.29 is 14.7 Å². The number of anilines is 1. The number of aryl methyl sites for hydroxylation is 2. The number of ether oxygens (including phenoxy) is 1. The van der Waals surface area contributed by atoms with Gasteiger partial charge in [0, 0.05) is 5.69 Å². The Balaban J connectivity index is 1.82. The Labute approximate surface area is 134 Å². The lowest BCUT2D eigenvalue weighted by Gasteiger charge is -2.24. The maximum Gasteiger partial charge on any atom is 0.243 e. The minimum atomic E-state index is -0.656. The predicted molar refractivity (Wildman–Crippen MR) is 88.0 cm³/mol. The molecule has 23 heavy (non-hydrogen) atoms. The van der Waals surface area contributed by atoms with Crippen LogP contribution < -0.4 is 10.1 Å². The first-order chi connectivity index (χ1) is 11.1. The largest absolute Gasteiger partial charge is 0.439 e. The average Bonchev–Trinajstić information content (AvgIpc) is 2.57. The molecule has 0 radical (unpaired) electrons. The lowest BCUT2D eigenvalue weighted by Crippen LogP contribution is -2.37. The quantitative estimate of drug-likeness (QED) is 0.660. The van der Waals surface area contributed by atoms with Crippen LogP contribution in [0.2, 0.25) is 0 Å². The zero-order chi connectivity index (χ0) is 16.4. The number of rotatable bonds is 2. The van der Waals surface area contributed by atoms with Gasteiger partial charge in [0.2, 0.25) is 11.8 Å². The molecule has 1 aliphatic rings. The van der Waals surface area contributed by atoms with E-state index in [0.717, 1.165) is 16.7 Å². The summed E-state index contributed by atoms with van der Waals surface area (Å²) in [6.45, 7) is 4.01. The topological polar surface area (TPSA) is 70.9 Å². The maximum atomic E-state index is 12.6. The van der Waals surface area contributed by atoms with Crippen molar-refractivity contribution in [1.29, 1.82) is 0 Å². The second kappa shape index (κ2) is 6.12. The minimum Gasteiger partial charge on any atom is -0.439 e. The number of carbonyl (C=O) groups is 1. The molecule has 0 fully saturated rings. The Morgan fingerprint density at radius 2 is 2.00 bits per heavy atom. The number of fused-ring (bicyclic) bond motifs is 1. The first-order valence-corrected chi connectivity index (χ1v) is 7.44. The SMILES string of the molecule is Cc1ccc(NC(=O)C2Cc3ccccc3OC2=NO)cc1C. The lowest BCUT2D eigenvalue weighted by atomic mass is 9.95. The number of hydrogen-bond donors (Lipinski definition) is 2. The molecule has 1 aliphatic heterocycles. The summed E-state index contributed by atoms with van der Waals surface area (Å²) in [6.07, 6.45) is 0.437. The zero-order valence-electron chi connectivity index (χ0n) is 13.0. The van der Waals surface area contributed by atoms with Crippen LogP contribution in [0.15, 0.2) is 47.6 Å². The monoisotopic (exact) mass is 310 g/mol. The number of benzene rings is 2. The van der Waals surface area contributed by atoms with Gasteiger partial charge < -0.3 is 15.3 Å². The second-order valence-electron chi connectivity index (χ2n) is 5.69. The van der Waals surface area contributed by atoms with E-state index in [0.29, 0.717) is 17.9 Å². The molecule has 0 aliphatic carbocycles. The summed E-state index contributed by atoms with van der Waals surface area (Å²) >= 11 is 0. The van der Waals surface area contributed by atoms with Gasteiger partial charge in [-0.25, -0.2) is 0 Å². The Morgan fingerprint density at radius 1 is 1.22 bits per heavy atom. The summed E-state index contributed by atoms with van der Waals surface area (Å²) in [6, 6.07) is 13.1. The summed E-state index contributed by atoms with van der Waals surface area (Å²) in [7, 11) is 0. The van der Waals surface area contributed by atoms with Crippen molar-refractivity contribution in [3.05, 3.63) is 59.2 Å². The van der Waals surface area contributed by atoms with Crippen LogP contribution in [0.1, 0.15) is 16.7 Å². The molecule has 0 spiro atoms. The van der Waals surface area contributed by atoms with E-state index in [4.69, 9.17) is 9.94 Å². The van der Waals surface area contributed by atoms with E-state index >= 15 is 0 Å². The molecule has 5 heteroatoms. The Kier molecular flexibility index (Phi) is 4.02. The number of nitrogens with one attached hydrogen (secondary N) is 1. The number of amides is 1. The molecule has 3 rings (SSSR count). The molecule has 1 atom stereocenters. The highest BCUT2D eigenvalue weighted by Crippen LogP contribution is 2.29. The van der Waals surface area contributed by atoms with Crippen molar-refractivity contribution in [1.82, 2.24) is 0 Å². The van der Waals surface area contributed by atoms with Gasteiger partial charge in [0.15, 0.2) is 0 Å². The molecule has 0 saturated heterocycles. The van der Waals surface area contributed by atoms with Gasteiger partial charge in [-0.05, 0) is 55.2 Å². The first kappa shape index (κ1) is 15.1. The van der Waals surface area contributed by atoms with Crippen molar-refractivity contribution >= 4 is 17.5 Å². The number of oxime groups is 1. The Bertz CT molecular complexity index is 784. The predicted octanol–water partition coefficient (Wildman–Crippen LogP) is 3.28. The van der Waals surface area contributed by atoms with Gasteiger partial charge in [0.05, 0.1) is 0 Å². The fourth-order valence-electron chi connectivity index (χ4n) is 2.61. The molecule has 0 bridgehead atoms. The molecule has 1 amide bonds. The van der Waals surface area contributed by atoms with E-state index in [2.05, 4.69) is 10.5 Å². The summed E-state index contributed by atoms with van der Waals surface area (Å²) in [5.41, 5.74) is 3.90. The van der Waals surface area contributed by atoms with Crippen molar-refractivity contribution in [3.8, 4) is 5.75 Å². The number of para-hydroxylation sites is 1. The van der Waals surface area contributed by atoms with Gasteiger partial charge in [0.1, 0.15) is 11.7 Å². The smallest absolute Gasteiger partial charge is 0.243 e. The van der Waals surface area contributed by atoms with Gasteiger partial charge in [0.25, 0.3) is 0 Å². The molecule has 0 aromatic heterocycles. The minimum absolute atomic E-state index is 0.0185. The molecule has 0 saturated carbocycles. The van der Waals surface area contributed by atoms with E-state index in [-0.39, 0.29) is 11.8 Å². The van der Waals surface area contributed by atoms with Crippen LogP contribution in [0.25, 0.3) is 0 Å². The highest BCUT2D eigenvalue weighted by Gasteiger charge is 2.33. The molecule has 5 nitrogen and oxygen atoms in total. The number of hydrogen-bond acceptors (Lipinski definition) is 4. The van der Waals surface area contributed by atoms with Crippen LogP contribution in [-0.2, 0) is 11.2 Å². The normalized spacial score (nSPS) is 18.2. The number of carbonyl (C=O) groups excluding carboxylic acids is 1. The molecule has 2 N–H and O–H groups in total. The molecular weight excluding hydrogens is 292 g/mol. The molecule has 1 heterocycles. The molecule has 2 aromatic carbocycles. The van der Waals surface area contributed by atoms with Gasteiger partial charge in [-0.3, -0.25) is 4.79 Å².